The van der Waals surface area contributed by atoms with Crippen LogP contribution >= 0.6 is 0 Å². The minimum atomic E-state index is -0.498. The van der Waals surface area contributed by atoms with Crippen molar-refractivity contribution in [3.8, 4) is 0 Å². The van der Waals surface area contributed by atoms with E-state index in [1.54, 1.807) is 13.8 Å². The van der Waals surface area contributed by atoms with E-state index in [0.29, 0.717) is 11.4 Å². The van der Waals surface area contributed by atoms with Crippen LogP contribution < -0.4 is 10.6 Å². The fourth-order valence-corrected chi connectivity index (χ4v) is 3.24. The van der Waals surface area contributed by atoms with E-state index in [1.807, 2.05) is 72.8 Å². The van der Waals surface area contributed by atoms with Crippen molar-refractivity contribution in [3.63, 3.8) is 0 Å². The predicted octanol–water partition coefficient (Wildman–Crippen LogP) is 4.42. The predicted molar refractivity (Wildman–Crippen MR) is 123 cm³/mol. The molecule has 0 heterocycles. The van der Waals surface area contributed by atoms with E-state index < -0.39 is 18.5 Å². The van der Waals surface area contributed by atoms with Gasteiger partial charge < -0.3 is 20.8 Å². The van der Waals surface area contributed by atoms with Gasteiger partial charge in [-0.3, -0.25) is 9.59 Å². The highest BCUT2D eigenvalue weighted by Crippen LogP contribution is 2.19. The minimum absolute atomic E-state index is 0.0789. The Morgan fingerprint density at radius 1 is 0.903 bits per heavy atom. The van der Waals surface area contributed by atoms with Gasteiger partial charge in [-0.05, 0) is 42.3 Å². The number of para-hydroxylation sites is 1. The highest BCUT2D eigenvalue weighted by Gasteiger charge is 2.14. The van der Waals surface area contributed by atoms with Crippen molar-refractivity contribution in [2.45, 2.75) is 20.3 Å². The maximum atomic E-state index is 12.3. The van der Waals surface area contributed by atoms with E-state index >= 15 is 0 Å². The summed E-state index contributed by atoms with van der Waals surface area (Å²) in [4.78, 5) is 24.6. The van der Waals surface area contributed by atoms with Gasteiger partial charge in [-0.25, -0.2) is 0 Å². The zero-order valence-electron chi connectivity index (χ0n) is 17.6. The molecule has 0 radical (unpaired) electrons. The number of anilines is 1. The topological polar surface area (TPSA) is 91.3 Å². The monoisotopic (exact) mass is 415 g/mol. The number of carbonyl (C=O) groups is 2. The molecule has 0 aliphatic heterocycles. The molecule has 0 aliphatic rings. The third-order valence-corrected chi connectivity index (χ3v) is 4.70. The first kappa shape index (κ1) is 21.8. The fourth-order valence-electron chi connectivity index (χ4n) is 3.24. The molecule has 6 nitrogen and oxygen atoms in total. The molecule has 0 aliphatic carbocycles. The van der Waals surface area contributed by atoms with E-state index in [9.17, 15) is 9.59 Å². The molecule has 0 atom stereocenters. The Hall–Kier alpha value is -3.93. The van der Waals surface area contributed by atoms with Gasteiger partial charge in [-0.15, -0.1) is 0 Å². The lowest BCUT2D eigenvalue weighted by Gasteiger charge is -2.15. The Balaban J connectivity index is 1.59. The molecular weight excluding hydrogens is 390 g/mol. The largest absolute Gasteiger partial charge is 0.455 e. The number of carbonyl (C=O) groups excluding carboxylic acids is 2. The number of esters is 1. The first-order valence-corrected chi connectivity index (χ1v) is 9.94. The van der Waals surface area contributed by atoms with Crippen molar-refractivity contribution >= 4 is 34.0 Å². The molecule has 3 aromatic carbocycles. The molecular formula is C25H25N3O3. The summed E-state index contributed by atoms with van der Waals surface area (Å²) in [6.07, 6.45) is 0.0789. The summed E-state index contributed by atoms with van der Waals surface area (Å²) in [6, 6.07) is 23.0. The number of allylic oxidation sites excluding steroid dienone is 2. The lowest BCUT2D eigenvalue weighted by molar-refractivity contribution is -0.147. The maximum absolute atomic E-state index is 12.3. The normalized spacial score (nSPS) is 11.4. The van der Waals surface area contributed by atoms with Crippen LogP contribution in [0.15, 0.2) is 84.2 Å². The molecule has 0 spiro atoms. The van der Waals surface area contributed by atoms with E-state index in [2.05, 4.69) is 10.6 Å². The van der Waals surface area contributed by atoms with Gasteiger partial charge >= 0.3 is 5.97 Å². The molecule has 3 rings (SSSR count). The fraction of sp³-hybridized carbons (Fsp3) is 0.160. The molecule has 0 saturated heterocycles. The highest BCUT2D eigenvalue weighted by molar-refractivity contribution is 6.00. The van der Waals surface area contributed by atoms with Gasteiger partial charge in [0, 0.05) is 11.4 Å². The Labute approximate surface area is 181 Å². The SMILES string of the molecule is CC(=N)/C(NC(=O)COC(=O)Cc1cccc2ccccc12)=C(/C)Nc1ccccc1. The third kappa shape index (κ3) is 6.02. The van der Waals surface area contributed by atoms with Crippen molar-refractivity contribution in [1.29, 1.82) is 5.41 Å². The Kier molecular flexibility index (Phi) is 7.17. The summed E-state index contributed by atoms with van der Waals surface area (Å²) in [6.45, 7) is 2.94. The minimum Gasteiger partial charge on any atom is -0.455 e. The van der Waals surface area contributed by atoms with Crippen LogP contribution in [-0.4, -0.2) is 24.2 Å². The molecule has 31 heavy (non-hydrogen) atoms. The van der Waals surface area contributed by atoms with Gasteiger partial charge in [-0.1, -0.05) is 60.7 Å². The number of hydrogen-bond donors (Lipinski definition) is 3. The molecule has 3 N–H and O–H groups in total. The molecule has 0 unspecified atom stereocenters. The van der Waals surface area contributed by atoms with Crippen LogP contribution in [0.1, 0.15) is 19.4 Å². The van der Waals surface area contributed by atoms with Crippen LogP contribution in [0.4, 0.5) is 5.69 Å². The van der Waals surface area contributed by atoms with Gasteiger partial charge in [0.25, 0.3) is 5.91 Å². The van der Waals surface area contributed by atoms with E-state index in [-0.39, 0.29) is 12.1 Å². The van der Waals surface area contributed by atoms with Crippen molar-refractivity contribution in [1.82, 2.24) is 5.32 Å². The Morgan fingerprint density at radius 3 is 2.32 bits per heavy atom. The number of ether oxygens (including phenoxy) is 1. The second kappa shape index (κ2) is 10.2. The molecule has 3 aromatic rings. The zero-order chi connectivity index (χ0) is 22.2. The zero-order valence-corrected chi connectivity index (χ0v) is 17.6. The summed E-state index contributed by atoms with van der Waals surface area (Å²) in [5.74, 6) is -0.982. The smallest absolute Gasteiger partial charge is 0.310 e. The van der Waals surface area contributed by atoms with E-state index in [4.69, 9.17) is 10.1 Å². The average molecular weight is 415 g/mol. The number of fused-ring (bicyclic) bond motifs is 1. The molecule has 158 valence electrons. The quantitative estimate of drug-likeness (QED) is 0.375. The van der Waals surface area contributed by atoms with Gasteiger partial charge in [-0.2, -0.15) is 0 Å². The van der Waals surface area contributed by atoms with Crippen LogP contribution in [-0.2, 0) is 20.7 Å². The van der Waals surface area contributed by atoms with Crippen molar-refractivity contribution < 1.29 is 14.3 Å². The van der Waals surface area contributed by atoms with Crippen LogP contribution in [0.5, 0.6) is 0 Å². The first-order valence-electron chi connectivity index (χ1n) is 9.94. The molecule has 0 bridgehead atoms. The maximum Gasteiger partial charge on any atom is 0.310 e. The number of amides is 1. The van der Waals surface area contributed by atoms with Gasteiger partial charge in [0.1, 0.15) is 0 Å². The molecule has 0 saturated carbocycles. The third-order valence-electron chi connectivity index (χ3n) is 4.70. The van der Waals surface area contributed by atoms with Crippen LogP contribution in [0, 0.1) is 5.41 Å². The van der Waals surface area contributed by atoms with Crippen LogP contribution in [0.2, 0.25) is 0 Å². The van der Waals surface area contributed by atoms with Crippen molar-refractivity contribution in [2.24, 2.45) is 0 Å². The van der Waals surface area contributed by atoms with E-state index in [0.717, 1.165) is 22.0 Å². The Bertz CT molecular complexity index is 1130. The number of hydrogen-bond acceptors (Lipinski definition) is 5. The molecule has 6 heteroatoms. The van der Waals surface area contributed by atoms with Crippen molar-refractivity contribution in [2.75, 3.05) is 11.9 Å². The average Bonchev–Trinajstić information content (AvgIpc) is 2.76. The number of rotatable bonds is 8. The molecule has 1 amide bonds. The molecule has 0 aromatic heterocycles. The molecule has 0 fully saturated rings. The number of nitrogens with one attached hydrogen (secondary N) is 3. The summed E-state index contributed by atoms with van der Waals surface area (Å²) in [7, 11) is 0. The first-order chi connectivity index (χ1) is 14.9. The van der Waals surface area contributed by atoms with Gasteiger partial charge in [0.05, 0.1) is 17.8 Å². The Morgan fingerprint density at radius 2 is 1.58 bits per heavy atom. The summed E-state index contributed by atoms with van der Waals surface area (Å²) in [5, 5.41) is 15.8. The lowest BCUT2D eigenvalue weighted by Crippen LogP contribution is -2.32. The van der Waals surface area contributed by atoms with Crippen LogP contribution in [0.3, 0.4) is 0 Å². The van der Waals surface area contributed by atoms with Gasteiger partial charge in [0.15, 0.2) is 6.61 Å². The lowest BCUT2D eigenvalue weighted by atomic mass is 10.0. The summed E-state index contributed by atoms with van der Waals surface area (Å²) < 4.78 is 5.17. The van der Waals surface area contributed by atoms with Gasteiger partial charge in [0.2, 0.25) is 0 Å². The second-order valence-corrected chi connectivity index (χ2v) is 7.14. The summed E-state index contributed by atoms with van der Waals surface area (Å²) in [5.41, 5.74) is 2.85. The highest BCUT2D eigenvalue weighted by atomic mass is 16.5. The van der Waals surface area contributed by atoms with Crippen LogP contribution in [0.25, 0.3) is 10.8 Å². The summed E-state index contributed by atoms with van der Waals surface area (Å²) >= 11 is 0. The van der Waals surface area contributed by atoms with E-state index in [1.165, 1.54) is 0 Å². The van der Waals surface area contributed by atoms with Crippen molar-refractivity contribution in [3.05, 3.63) is 89.8 Å². The standard InChI is InChI=1S/C25H25N3O3/c1-17(26)25(18(2)27-21-12-4-3-5-13-21)28-23(29)16-31-24(30)15-20-11-8-10-19-9-6-7-14-22(19)20/h3-14,26-27H,15-16H2,1-2H3,(H,28,29)/b25-18+,26-17?. The second-order valence-electron chi connectivity index (χ2n) is 7.14. The number of benzene rings is 3.